The first-order valence-corrected chi connectivity index (χ1v) is 8.54. The van der Waals surface area contributed by atoms with Gasteiger partial charge < -0.3 is 4.57 Å². The summed E-state index contributed by atoms with van der Waals surface area (Å²) in [6, 6.07) is 13.6. The molecule has 0 fully saturated rings. The minimum Gasteiger partial charge on any atom is -0.332 e. The average molecular weight is 321 g/mol. The number of imidazole rings is 1. The topological polar surface area (TPSA) is 38.9 Å². The second-order valence-electron chi connectivity index (χ2n) is 6.69. The summed E-state index contributed by atoms with van der Waals surface area (Å²) in [4.78, 5) is 7.03. The molecule has 5 nitrogen and oxygen atoms in total. The van der Waals surface area contributed by atoms with E-state index in [9.17, 15) is 0 Å². The molecule has 5 heteroatoms. The molecule has 1 aliphatic rings. The van der Waals surface area contributed by atoms with Gasteiger partial charge in [-0.3, -0.25) is 9.58 Å². The van der Waals surface area contributed by atoms with Crippen molar-refractivity contribution in [3.63, 3.8) is 0 Å². The summed E-state index contributed by atoms with van der Waals surface area (Å²) in [5.74, 6) is 1.14. The van der Waals surface area contributed by atoms with Crippen molar-refractivity contribution in [2.24, 2.45) is 0 Å². The summed E-state index contributed by atoms with van der Waals surface area (Å²) in [5.41, 5.74) is 2.61. The Kier molecular flexibility index (Phi) is 3.94. The zero-order valence-corrected chi connectivity index (χ0v) is 14.2. The van der Waals surface area contributed by atoms with Gasteiger partial charge in [0.15, 0.2) is 0 Å². The molecule has 0 spiro atoms. The Bertz CT molecular complexity index is 802. The van der Waals surface area contributed by atoms with Crippen LogP contribution < -0.4 is 0 Å². The maximum atomic E-state index is 4.52. The molecule has 124 valence electrons. The Hall–Kier alpha value is -2.40. The third kappa shape index (κ3) is 2.76. The molecule has 0 radical (unpaired) electrons. The van der Waals surface area contributed by atoms with E-state index in [-0.39, 0.29) is 0 Å². The highest BCUT2D eigenvalue weighted by Gasteiger charge is 2.28. The van der Waals surface area contributed by atoms with Crippen LogP contribution in [0.15, 0.2) is 55.0 Å². The molecule has 0 aliphatic carbocycles. The summed E-state index contributed by atoms with van der Waals surface area (Å²) < 4.78 is 4.39. The molecule has 1 aliphatic heterocycles. The SMILES string of the molecule is CC(C)n1nccc1CN1Cc2nccn2C[C@H]1c1ccccc1. The molecule has 0 saturated carbocycles. The second-order valence-corrected chi connectivity index (χ2v) is 6.69. The van der Waals surface area contributed by atoms with E-state index in [1.807, 2.05) is 12.4 Å². The van der Waals surface area contributed by atoms with Gasteiger partial charge in [-0.1, -0.05) is 30.3 Å². The fourth-order valence-electron chi connectivity index (χ4n) is 3.55. The molecule has 3 heterocycles. The third-order valence-corrected chi connectivity index (χ3v) is 4.75. The van der Waals surface area contributed by atoms with Gasteiger partial charge in [-0.25, -0.2) is 4.98 Å². The van der Waals surface area contributed by atoms with Gasteiger partial charge in [0.25, 0.3) is 0 Å². The van der Waals surface area contributed by atoms with Crippen molar-refractivity contribution in [1.29, 1.82) is 0 Å². The number of fused-ring (bicyclic) bond motifs is 1. The highest BCUT2D eigenvalue weighted by atomic mass is 15.3. The molecular weight excluding hydrogens is 298 g/mol. The van der Waals surface area contributed by atoms with E-state index >= 15 is 0 Å². The van der Waals surface area contributed by atoms with Gasteiger partial charge in [0.1, 0.15) is 5.82 Å². The highest BCUT2D eigenvalue weighted by Crippen LogP contribution is 2.30. The van der Waals surface area contributed by atoms with Gasteiger partial charge in [0.2, 0.25) is 0 Å². The van der Waals surface area contributed by atoms with Gasteiger partial charge in [-0.15, -0.1) is 0 Å². The molecule has 1 atom stereocenters. The maximum absolute atomic E-state index is 4.52. The lowest BCUT2D eigenvalue weighted by Crippen LogP contribution is -2.37. The van der Waals surface area contributed by atoms with Crippen LogP contribution in [0.5, 0.6) is 0 Å². The molecule has 0 amide bonds. The quantitative estimate of drug-likeness (QED) is 0.739. The van der Waals surface area contributed by atoms with E-state index in [1.165, 1.54) is 11.3 Å². The van der Waals surface area contributed by atoms with Gasteiger partial charge in [0.05, 0.1) is 18.3 Å². The minimum atomic E-state index is 0.350. The third-order valence-electron chi connectivity index (χ3n) is 4.75. The van der Waals surface area contributed by atoms with Crippen LogP contribution in [-0.4, -0.2) is 24.2 Å². The zero-order chi connectivity index (χ0) is 16.5. The molecule has 1 aromatic carbocycles. The van der Waals surface area contributed by atoms with Crippen LogP contribution >= 0.6 is 0 Å². The predicted octanol–water partition coefficient (Wildman–Crippen LogP) is 3.42. The van der Waals surface area contributed by atoms with Crippen LogP contribution in [0.4, 0.5) is 0 Å². The first kappa shape index (κ1) is 15.1. The maximum Gasteiger partial charge on any atom is 0.122 e. The molecule has 0 saturated heterocycles. The monoisotopic (exact) mass is 321 g/mol. The molecule has 3 aromatic rings. The zero-order valence-electron chi connectivity index (χ0n) is 14.2. The van der Waals surface area contributed by atoms with Crippen molar-refractivity contribution >= 4 is 0 Å². The summed E-state index contributed by atoms with van der Waals surface area (Å²) in [6.07, 6.45) is 5.89. The second kappa shape index (κ2) is 6.24. The van der Waals surface area contributed by atoms with Gasteiger partial charge >= 0.3 is 0 Å². The van der Waals surface area contributed by atoms with Crippen LogP contribution in [0.2, 0.25) is 0 Å². The van der Waals surface area contributed by atoms with Crippen LogP contribution in [-0.2, 0) is 19.6 Å². The molecular formula is C19H23N5. The van der Waals surface area contributed by atoms with E-state index in [0.717, 1.165) is 25.5 Å². The standard InChI is InChI=1S/C19H23N5/c1-15(2)24-17(8-9-21-24)12-23-14-19-20-10-11-22(19)13-18(23)16-6-4-3-5-7-16/h3-11,15,18H,12-14H2,1-2H3/t18-/m0/s1. The van der Waals surface area contributed by atoms with E-state index in [4.69, 9.17) is 0 Å². The lowest BCUT2D eigenvalue weighted by molar-refractivity contribution is 0.124. The first-order valence-electron chi connectivity index (χ1n) is 8.54. The lowest BCUT2D eigenvalue weighted by Gasteiger charge is -2.36. The Balaban J connectivity index is 1.67. The Labute approximate surface area is 142 Å². The molecule has 24 heavy (non-hydrogen) atoms. The average Bonchev–Trinajstić information content (AvgIpc) is 3.23. The lowest BCUT2D eigenvalue weighted by atomic mass is 10.0. The Morgan fingerprint density at radius 2 is 1.96 bits per heavy atom. The predicted molar refractivity (Wildman–Crippen MR) is 93.3 cm³/mol. The van der Waals surface area contributed by atoms with Gasteiger partial charge in [-0.2, -0.15) is 5.10 Å². The summed E-state index contributed by atoms with van der Waals surface area (Å²) in [5, 5.41) is 4.48. The normalized spacial score (nSPS) is 18.0. The van der Waals surface area contributed by atoms with Crippen LogP contribution in [0.25, 0.3) is 0 Å². The molecule has 0 N–H and O–H groups in total. The van der Waals surface area contributed by atoms with E-state index < -0.39 is 0 Å². The fraction of sp³-hybridized carbons (Fsp3) is 0.368. The van der Waals surface area contributed by atoms with Crippen molar-refractivity contribution in [3.8, 4) is 0 Å². The fourth-order valence-corrected chi connectivity index (χ4v) is 3.55. The van der Waals surface area contributed by atoms with E-state index in [2.05, 4.69) is 80.7 Å². The van der Waals surface area contributed by atoms with E-state index in [0.29, 0.717) is 12.1 Å². The molecule has 0 bridgehead atoms. The number of benzene rings is 1. The number of hydrogen-bond donors (Lipinski definition) is 0. The minimum absolute atomic E-state index is 0.350. The smallest absolute Gasteiger partial charge is 0.122 e. The van der Waals surface area contributed by atoms with Crippen molar-refractivity contribution < 1.29 is 0 Å². The molecule has 4 rings (SSSR count). The molecule has 2 aromatic heterocycles. The number of rotatable bonds is 4. The Morgan fingerprint density at radius 3 is 2.75 bits per heavy atom. The van der Waals surface area contributed by atoms with Crippen LogP contribution in [0, 0.1) is 0 Å². The number of aromatic nitrogens is 4. The van der Waals surface area contributed by atoms with Gasteiger partial charge in [-0.05, 0) is 25.5 Å². The molecule has 0 unspecified atom stereocenters. The van der Waals surface area contributed by atoms with Gasteiger partial charge in [0, 0.05) is 37.7 Å². The van der Waals surface area contributed by atoms with Crippen LogP contribution in [0.1, 0.15) is 43.0 Å². The van der Waals surface area contributed by atoms with Crippen molar-refractivity contribution in [3.05, 3.63) is 72.1 Å². The van der Waals surface area contributed by atoms with Crippen LogP contribution in [0.3, 0.4) is 0 Å². The number of hydrogen-bond acceptors (Lipinski definition) is 3. The van der Waals surface area contributed by atoms with E-state index in [1.54, 1.807) is 0 Å². The van der Waals surface area contributed by atoms with Crippen molar-refractivity contribution in [2.75, 3.05) is 0 Å². The highest BCUT2D eigenvalue weighted by molar-refractivity contribution is 5.21. The largest absolute Gasteiger partial charge is 0.332 e. The first-order chi connectivity index (χ1) is 11.7. The Morgan fingerprint density at radius 1 is 1.12 bits per heavy atom. The summed E-state index contributed by atoms with van der Waals surface area (Å²) >= 11 is 0. The summed E-state index contributed by atoms with van der Waals surface area (Å²) in [6.45, 7) is 7.03. The van der Waals surface area contributed by atoms with Crippen molar-refractivity contribution in [2.45, 2.75) is 45.6 Å². The van der Waals surface area contributed by atoms with Crippen molar-refractivity contribution in [1.82, 2.24) is 24.2 Å². The number of nitrogens with zero attached hydrogens (tertiary/aromatic N) is 5. The summed E-state index contributed by atoms with van der Waals surface area (Å²) in [7, 11) is 0.